The van der Waals surface area contributed by atoms with Crippen LogP contribution in [0.5, 0.6) is 0 Å². The summed E-state index contributed by atoms with van der Waals surface area (Å²) in [6.07, 6.45) is 8.16. The summed E-state index contributed by atoms with van der Waals surface area (Å²) in [5.41, 5.74) is 8.98. The summed E-state index contributed by atoms with van der Waals surface area (Å²) in [6, 6.07) is 3.15. The van der Waals surface area contributed by atoms with E-state index in [4.69, 9.17) is 10.9 Å². The molecule has 0 spiro atoms. The van der Waals surface area contributed by atoms with Crippen LogP contribution < -0.4 is 16.2 Å². The fourth-order valence-electron chi connectivity index (χ4n) is 2.68. The first kappa shape index (κ1) is 15.9. The predicted molar refractivity (Wildman–Crippen MR) is 86.6 cm³/mol. The van der Waals surface area contributed by atoms with Crippen molar-refractivity contribution in [1.82, 2.24) is 0 Å². The molecular weight excluding hydrogens is 286 g/mol. The summed E-state index contributed by atoms with van der Waals surface area (Å²) in [4.78, 5) is 0.0851. The molecule has 2 rings (SSSR count). The van der Waals surface area contributed by atoms with Crippen molar-refractivity contribution in [1.29, 1.82) is 0 Å². The molecule has 0 unspecified atom stereocenters. The Balaban J connectivity index is 2.09. The predicted octanol–water partition coefficient (Wildman–Crippen LogP) is 2.53. The molecule has 0 saturated carbocycles. The van der Waals surface area contributed by atoms with Gasteiger partial charge in [0.1, 0.15) is 0 Å². The van der Waals surface area contributed by atoms with Gasteiger partial charge in [0.25, 0.3) is 0 Å². The summed E-state index contributed by atoms with van der Waals surface area (Å²) in [5, 5.41) is 8.49. The average molecular weight is 309 g/mol. The Bertz CT molecular complexity index is 651. The first-order chi connectivity index (χ1) is 9.88. The molecule has 0 bridgehead atoms. The van der Waals surface area contributed by atoms with Crippen molar-refractivity contribution in [2.45, 2.75) is 43.9 Å². The number of allylic oxidation sites excluding steroid dienone is 1. The molecule has 5 nitrogen and oxygen atoms in total. The number of nitrogens with one attached hydrogen (secondary N) is 1. The number of sulfonamides is 1. The summed E-state index contributed by atoms with van der Waals surface area (Å²) >= 11 is 0. The minimum Gasteiger partial charge on any atom is -0.399 e. The van der Waals surface area contributed by atoms with E-state index in [1.807, 2.05) is 0 Å². The minimum absolute atomic E-state index is 0.0851. The molecule has 6 heteroatoms. The molecule has 1 aliphatic rings. The molecule has 21 heavy (non-hydrogen) atoms. The maximum absolute atomic E-state index is 11.6. The van der Waals surface area contributed by atoms with E-state index in [9.17, 15) is 8.42 Å². The molecule has 1 aromatic carbocycles. The van der Waals surface area contributed by atoms with Gasteiger partial charge in [-0.15, -0.1) is 0 Å². The van der Waals surface area contributed by atoms with E-state index in [0.717, 1.165) is 18.7 Å². The zero-order valence-electron chi connectivity index (χ0n) is 12.4. The van der Waals surface area contributed by atoms with Crippen molar-refractivity contribution < 1.29 is 8.42 Å². The smallest absolute Gasteiger partial charge is 0.238 e. The second-order valence-electron chi connectivity index (χ2n) is 5.52. The molecule has 0 heterocycles. The molecule has 1 aliphatic carbocycles. The Morgan fingerprint density at radius 2 is 2.05 bits per heavy atom. The lowest BCUT2D eigenvalue weighted by Crippen LogP contribution is -2.15. The molecule has 0 amide bonds. The van der Waals surface area contributed by atoms with Crippen LogP contribution in [0.4, 0.5) is 11.4 Å². The Kier molecular flexibility index (Phi) is 4.90. The number of hydrogen-bond donors (Lipinski definition) is 3. The number of anilines is 2. The quantitative estimate of drug-likeness (QED) is 0.575. The second-order valence-corrected chi connectivity index (χ2v) is 7.05. The standard InChI is InChI=1S/C15H23N3O2S/c1-11-14(9-13(16)10-15(11)21(17,19)20)18-8-7-12-5-3-2-4-6-12/h5,9-10,18H,2-4,6-8,16H2,1H3,(H2,17,19,20). The summed E-state index contributed by atoms with van der Waals surface area (Å²) in [7, 11) is -3.76. The summed E-state index contributed by atoms with van der Waals surface area (Å²) in [5.74, 6) is 0. The molecule has 1 aromatic rings. The molecule has 116 valence electrons. The number of benzene rings is 1. The van der Waals surface area contributed by atoms with Gasteiger partial charge >= 0.3 is 0 Å². The van der Waals surface area contributed by atoms with Gasteiger partial charge in [0.05, 0.1) is 4.90 Å². The highest BCUT2D eigenvalue weighted by Gasteiger charge is 2.15. The molecule has 0 aliphatic heterocycles. The third-order valence-corrected chi connectivity index (χ3v) is 4.87. The van der Waals surface area contributed by atoms with Crippen LogP contribution in [-0.2, 0) is 10.0 Å². The van der Waals surface area contributed by atoms with Gasteiger partial charge < -0.3 is 11.1 Å². The lowest BCUT2D eigenvalue weighted by molar-refractivity contribution is 0.597. The summed E-state index contributed by atoms with van der Waals surface area (Å²) < 4.78 is 23.1. The Hall–Kier alpha value is -1.53. The first-order valence-electron chi connectivity index (χ1n) is 7.22. The van der Waals surface area contributed by atoms with E-state index in [-0.39, 0.29) is 4.90 Å². The highest BCUT2D eigenvalue weighted by molar-refractivity contribution is 7.89. The number of hydrogen-bond acceptors (Lipinski definition) is 4. The molecular formula is C15H23N3O2S. The van der Waals surface area contributed by atoms with Crippen molar-refractivity contribution in [3.8, 4) is 0 Å². The van der Waals surface area contributed by atoms with E-state index in [1.54, 1.807) is 13.0 Å². The molecule has 5 N–H and O–H groups in total. The largest absolute Gasteiger partial charge is 0.399 e. The van der Waals surface area contributed by atoms with Gasteiger partial charge in [-0.2, -0.15) is 0 Å². The van der Waals surface area contributed by atoms with Crippen molar-refractivity contribution in [3.63, 3.8) is 0 Å². The third-order valence-electron chi connectivity index (χ3n) is 3.84. The monoisotopic (exact) mass is 309 g/mol. The Labute approximate surface area is 126 Å². The van der Waals surface area contributed by atoms with Gasteiger partial charge in [0.2, 0.25) is 10.0 Å². The minimum atomic E-state index is -3.76. The van der Waals surface area contributed by atoms with Gasteiger partial charge in [-0.25, -0.2) is 13.6 Å². The van der Waals surface area contributed by atoms with E-state index >= 15 is 0 Å². The van der Waals surface area contributed by atoms with E-state index in [0.29, 0.717) is 11.3 Å². The Morgan fingerprint density at radius 3 is 2.67 bits per heavy atom. The van der Waals surface area contributed by atoms with Gasteiger partial charge in [0.15, 0.2) is 0 Å². The first-order valence-corrected chi connectivity index (χ1v) is 8.77. The molecule has 0 saturated heterocycles. The lowest BCUT2D eigenvalue weighted by atomic mass is 9.97. The van der Waals surface area contributed by atoms with E-state index in [2.05, 4.69) is 11.4 Å². The van der Waals surface area contributed by atoms with Crippen LogP contribution in [-0.4, -0.2) is 15.0 Å². The summed E-state index contributed by atoms with van der Waals surface area (Å²) in [6.45, 7) is 2.50. The molecule has 0 aromatic heterocycles. The highest BCUT2D eigenvalue weighted by Crippen LogP contribution is 2.26. The molecule has 0 fully saturated rings. The Morgan fingerprint density at radius 1 is 1.29 bits per heavy atom. The van der Waals surface area contributed by atoms with Crippen molar-refractivity contribution in [2.75, 3.05) is 17.6 Å². The average Bonchev–Trinajstić information content (AvgIpc) is 2.42. The van der Waals surface area contributed by atoms with E-state index in [1.165, 1.54) is 37.3 Å². The van der Waals surface area contributed by atoms with Gasteiger partial charge in [-0.1, -0.05) is 11.6 Å². The lowest BCUT2D eigenvalue weighted by Gasteiger charge is -2.16. The van der Waals surface area contributed by atoms with Crippen LogP contribution in [0.1, 0.15) is 37.7 Å². The normalized spacial score (nSPS) is 15.6. The third kappa shape index (κ3) is 4.22. The number of nitrogens with two attached hydrogens (primary N) is 2. The van der Waals surface area contributed by atoms with Gasteiger partial charge in [0, 0.05) is 17.9 Å². The van der Waals surface area contributed by atoms with Gasteiger partial charge in [-0.3, -0.25) is 0 Å². The maximum Gasteiger partial charge on any atom is 0.238 e. The van der Waals surface area contributed by atoms with Crippen LogP contribution in [0.25, 0.3) is 0 Å². The fraction of sp³-hybridized carbons (Fsp3) is 0.467. The molecule has 0 atom stereocenters. The van der Waals surface area contributed by atoms with Crippen LogP contribution in [0, 0.1) is 6.92 Å². The maximum atomic E-state index is 11.6. The number of primary sulfonamides is 1. The fourth-order valence-corrected chi connectivity index (χ4v) is 3.51. The van der Waals surface area contributed by atoms with Crippen LogP contribution >= 0.6 is 0 Å². The zero-order chi connectivity index (χ0) is 15.5. The topological polar surface area (TPSA) is 98.2 Å². The van der Waals surface area contributed by atoms with Crippen LogP contribution in [0.3, 0.4) is 0 Å². The van der Waals surface area contributed by atoms with Crippen LogP contribution in [0.15, 0.2) is 28.7 Å². The van der Waals surface area contributed by atoms with Crippen molar-refractivity contribution in [2.24, 2.45) is 5.14 Å². The number of rotatable bonds is 5. The SMILES string of the molecule is Cc1c(NCCC2=CCCCC2)cc(N)cc1S(N)(=O)=O. The molecule has 0 radical (unpaired) electrons. The highest BCUT2D eigenvalue weighted by atomic mass is 32.2. The zero-order valence-corrected chi connectivity index (χ0v) is 13.2. The van der Waals surface area contributed by atoms with E-state index < -0.39 is 10.0 Å². The number of nitrogen functional groups attached to an aromatic ring is 1. The second kappa shape index (κ2) is 6.49. The van der Waals surface area contributed by atoms with Crippen molar-refractivity contribution >= 4 is 21.4 Å². The van der Waals surface area contributed by atoms with Gasteiger partial charge in [-0.05, 0) is 56.7 Å². The van der Waals surface area contributed by atoms with Crippen molar-refractivity contribution in [3.05, 3.63) is 29.3 Å². The van der Waals surface area contributed by atoms with Crippen LogP contribution in [0.2, 0.25) is 0 Å².